The second-order valence-corrected chi connectivity index (χ2v) is 5.29. The average Bonchev–Trinajstić information content (AvgIpc) is 2.88. The van der Waals surface area contributed by atoms with Crippen molar-refractivity contribution >= 4 is 11.3 Å². The van der Waals surface area contributed by atoms with Crippen molar-refractivity contribution < 1.29 is 0 Å². The Balaban J connectivity index is 1.63. The Bertz CT molecular complexity index is 271. The van der Waals surface area contributed by atoms with Crippen LogP contribution in [0, 0.1) is 5.92 Å². The molecule has 0 unspecified atom stereocenters. The van der Waals surface area contributed by atoms with Gasteiger partial charge in [0.25, 0.3) is 0 Å². The van der Waals surface area contributed by atoms with Gasteiger partial charge in [-0.15, -0.1) is 11.3 Å². The average molecular weight is 224 g/mol. The maximum Gasteiger partial charge on any atom is 0.0299 e. The van der Waals surface area contributed by atoms with E-state index in [2.05, 4.69) is 34.7 Å². The molecule has 3 heteroatoms. The molecule has 2 nitrogen and oxygen atoms in total. The molecule has 1 saturated heterocycles. The molecular weight excluding hydrogens is 204 g/mol. The van der Waals surface area contributed by atoms with Gasteiger partial charge in [0.15, 0.2) is 0 Å². The van der Waals surface area contributed by atoms with Gasteiger partial charge in [-0.3, -0.25) is 0 Å². The molecule has 15 heavy (non-hydrogen) atoms. The zero-order valence-electron chi connectivity index (χ0n) is 9.41. The molecule has 0 spiro atoms. The number of nitrogens with zero attached hydrogens (tertiary/aromatic N) is 1. The molecule has 1 fully saturated rings. The fraction of sp³-hybridized carbons (Fsp3) is 0.667. The van der Waals surface area contributed by atoms with Crippen LogP contribution in [0.4, 0.5) is 0 Å². The van der Waals surface area contributed by atoms with Gasteiger partial charge in [-0.2, -0.15) is 0 Å². The summed E-state index contributed by atoms with van der Waals surface area (Å²) in [5.74, 6) is 0.866. The van der Waals surface area contributed by atoms with Crippen LogP contribution in [-0.2, 0) is 6.54 Å². The van der Waals surface area contributed by atoms with Crippen LogP contribution in [0.5, 0.6) is 0 Å². The molecule has 84 valence electrons. The van der Waals surface area contributed by atoms with Gasteiger partial charge < -0.3 is 10.2 Å². The van der Waals surface area contributed by atoms with Crippen LogP contribution in [0.1, 0.15) is 18.2 Å². The zero-order chi connectivity index (χ0) is 10.5. The molecule has 0 aliphatic carbocycles. The van der Waals surface area contributed by atoms with Crippen molar-refractivity contribution in [3.8, 4) is 0 Å². The van der Waals surface area contributed by atoms with Crippen LogP contribution in [-0.4, -0.2) is 31.1 Å². The van der Waals surface area contributed by atoms with E-state index in [4.69, 9.17) is 0 Å². The SMILES string of the molecule is CCN1CC[C@H](CNCc2cccs2)C1. The summed E-state index contributed by atoms with van der Waals surface area (Å²) in [5, 5.41) is 5.70. The Hall–Kier alpha value is -0.380. The number of likely N-dealkylation sites (tertiary alicyclic amines) is 1. The Kier molecular flexibility index (Phi) is 4.18. The molecule has 1 N–H and O–H groups in total. The van der Waals surface area contributed by atoms with Gasteiger partial charge in [0.2, 0.25) is 0 Å². The fourth-order valence-corrected chi connectivity index (χ4v) is 2.85. The van der Waals surface area contributed by atoms with Crippen molar-refractivity contribution in [1.29, 1.82) is 0 Å². The van der Waals surface area contributed by atoms with E-state index in [9.17, 15) is 0 Å². The number of nitrogens with one attached hydrogen (secondary N) is 1. The van der Waals surface area contributed by atoms with E-state index in [1.165, 1.54) is 37.5 Å². The molecule has 0 radical (unpaired) electrons. The van der Waals surface area contributed by atoms with Gasteiger partial charge in [0.05, 0.1) is 0 Å². The molecule has 1 aromatic rings. The number of hydrogen-bond acceptors (Lipinski definition) is 3. The Morgan fingerprint density at radius 1 is 1.60 bits per heavy atom. The van der Waals surface area contributed by atoms with Crippen LogP contribution >= 0.6 is 11.3 Å². The van der Waals surface area contributed by atoms with Gasteiger partial charge in [-0.1, -0.05) is 13.0 Å². The van der Waals surface area contributed by atoms with Crippen LogP contribution < -0.4 is 5.32 Å². The Morgan fingerprint density at radius 3 is 3.20 bits per heavy atom. The minimum absolute atomic E-state index is 0.866. The molecule has 0 aromatic carbocycles. The Morgan fingerprint density at radius 2 is 2.53 bits per heavy atom. The summed E-state index contributed by atoms with van der Waals surface area (Å²) >= 11 is 1.84. The van der Waals surface area contributed by atoms with Crippen LogP contribution in [0.3, 0.4) is 0 Å². The smallest absolute Gasteiger partial charge is 0.0299 e. The third-order valence-electron chi connectivity index (χ3n) is 3.13. The van der Waals surface area contributed by atoms with Crippen molar-refractivity contribution in [1.82, 2.24) is 10.2 Å². The maximum absolute atomic E-state index is 3.56. The topological polar surface area (TPSA) is 15.3 Å². The molecule has 2 rings (SSSR count). The van der Waals surface area contributed by atoms with Gasteiger partial charge in [0, 0.05) is 18.0 Å². The molecular formula is C12H20N2S. The lowest BCUT2D eigenvalue weighted by molar-refractivity contribution is 0.339. The summed E-state index contributed by atoms with van der Waals surface area (Å²) < 4.78 is 0. The third-order valence-corrected chi connectivity index (χ3v) is 4.01. The number of rotatable bonds is 5. The highest BCUT2D eigenvalue weighted by atomic mass is 32.1. The van der Waals surface area contributed by atoms with Crippen molar-refractivity contribution in [3.63, 3.8) is 0 Å². The quantitative estimate of drug-likeness (QED) is 0.824. The van der Waals surface area contributed by atoms with Crippen molar-refractivity contribution in [2.75, 3.05) is 26.2 Å². The lowest BCUT2D eigenvalue weighted by Crippen LogP contribution is -2.25. The standard InChI is InChI=1S/C12H20N2S/c1-2-14-6-5-11(10-14)8-13-9-12-4-3-7-15-12/h3-4,7,11,13H,2,5-6,8-10H2,1H3/t11-/m1/s1. The predicted molar refractivity (Wildman–Crippen MR) is 66.2 cm³/mol. The van der Waals surface area contributed by atoms with Crippen molar-refractivity contribution in [2.24, 2.45) is 5.92 Å². The van der Waals surface area contributed by atoms with Crippen molar-refractivity contribution in [3.05, 3.63) is 22.4 Å². The van der Waals surface area contributed by atoms with E-state index >= 15 is 0 Å². The second-order valence-electron chi connectivity index (χ2n) is 4.26. The van der Waals surface area contributed by atoms with E-state index < -0.39 is 0 Å². The first-order valence-corrected chi connectivity index (χ1v) is 6.72. The second kappa shape index (κ2) is 5.64. The molecule has 1 aliphatic heterocycles. The van der Waals surface area contributed by atoms with Crippen LogP contribution in [0.15, 0.2) is 17.5 Å². The number of thiophene rings is 1. The van der Waals surface area contributed by atoms with Gasteiger partial charge in [-0.25, -0.2) is 0 Å². The summed E-state index contributed by atoms with van der Waals surface area (Å²) in [7, 11) is 0. The minimum Gasteiger partial charge on any atom is -0.312 e. The fourth-order valence-electron chi connectivity index (χ4n) is 2.18. The summed E-state index contributed by atoms with van der Waals surface area (Å²) in [4.78, 5) is 3.98. The molecule has 0 saturated carbocycles. The monoisotopic (exact) mass is 224 g/mol. The minimum atomic E-state index is 0.866. The van der Waals surface area contributed by atoms with Crippen LogP contribution in [0.2, 0.25) is 0 Å². The molecule has 0 amide bonds. The summed E-state index contributed by atoms with van der Waals surface area (Å²) in [6, 6.07) is 4.32. The Labute approximate surface area is 96.3 Å². The highest BCUT2D eigenvalue weighted by molar-refractivity contribution is 7.09. The summed E-state index contributed by atoms with van der Waals surface area (Å²) in [6.07, 6.45) is 1.37. The van der Waals surface area contributed by atoms with E-state index in [0.717, 1.165) is 12.5 Å². The summed E-state index contributed by atoms with van der Waals surface area (Å²) in [6.45, 7) is 8.26. The van der Waals surface area contributed by atoms with Gasteiger partial charge >= 0.3 is 0 Å². The third kappa shape index (κ3) is 3.30. The highest BCUT2D eigenvalue weighted by Crippen LogP contribution is 2.15. The first-order chi connectivity index (χ1) is 7.38. The molecule has 1 aliphatic rings. The van der Waals surface area contributed by atoms with Crippen molar-refractivity contribution in [2.45, 2.75) is 19.9 Å². The molecule has 1 aromatic heterocycles. The van der Waals surface area contributed by atoms with E-state index in [1.54, 1.807) is 0 Å². The van der Waals surface area contributed by atoms with Gasteiger partial charge in [-0.05, 0) is 43.4 Å². The highest BCUT2D eigenvalue weighted by Gasteiger charge is 2.20. The lowest BCUT2D eigenvalue weighted by Gasteiger charge is -2.13. The maximum atomic E-state index is 3.56. The molecule has 2 heterocycles. The van der Waals surface area contributed by atoms with E-state index in [-0.39, 0.29) is 0 Å². The number of hydrogen-bond donors (Lipinski definition) is 1. The van der Waals surface area contributed by atoms with Crippen LogP contribution in [0.25, 0.3) is 0 Å². The predicted octanol–water partition coefficient (Wildman–Crippen LogP) is 2.18. The van der Waals surface area contributed by atoms with E-state index in [1.807, 2.05) is 11.3 Å². The molecule has 0 bridgehead atoms. The lowest BCUT2D eigenvalue weighted by atomic mass is 10.1. The first kappa shape index (κ1) is 11.1. The first-order valence-electron chi connectivity index (χ1n) is 5.84. The van der Waals surface area contributed by atoms with E-state index in [0.29, 0.717) is 0 Å². The normalized spacial score (nSPS) is 22.3. The largest absolute Gasteiger partial charge is 0.312 e. The van der Waals surface area contributed by atoms with Gasteiger partial charge in [0.1, 0.15) is 0 Å². The zero-order valence-corrected chi connectivity index (χ0v) is 10.2. The summed E-state index contributed by atoms with van der Waals surface area (Å²) in [5.41, 5.74) is 0. The molecule has 1 atom stereocenters.